The van der Waals surface area contributed by atoms with Crippen LogP contribution in [0.15, 0.2) is 28.9 Å². The van der Waals surface area contributed by atoms with Gasteiger partial charge < -0.3 is 15.1 Å². The van der Waals surface area contributed by atoms with Crippen molar-refractivity contribution in [2.45, 2.75) is 25.8 Å². The Morgan fingerprint density at radius 1 is 1.21 bits per heavy atom. The largest absolute Gasteiger partial charge is 0.461 e. The van der Waals surface area contributed by atoms with E-state index in [2.05, 4.69) is 20.6 Å². The molecule has 100 valence electrons. The molecule has 2 aromatic heterocycles. The molecule has 2 N–H and O–H groups in total. The molecule has 0 bridgehead atoms. The second-order valence-electron chi connectivity index (χ2n) is 4.87. The van der Waals surface area contributed by atoms with E-state index in [9.17, 15) is 0 Å². The van der Waals surface area contributed by atoms with Gasteiger partial charge in [0.05, 0.1) is 5.56 Å². The van der Waals surface area contributed by atoms with Crippen LogP contribution in [0.2, 0.25) is 0 Å². The van der Waals surface area contributed by atoms with Gasteiger partial charge in [-0.15, -0.1) is 0 Å². The van der Waals surface area contributed by atoms with Crippen molar-refractivity contribution >= 4 is 5.95 Å². The van der Waals surface area contributed by atoms with E-state index in [-0.39, 0.29) is 0 Å². The van der Waals surface area contributed by atoms with Crippen LogP contribution in [0, 0.1) is 6.92 Å². The Morgan fingerprint density at radius 3 is 2.58 bits per heavy atom. The SMILES string of the molecule is Cc1ccc(-c2cnc(NC3CCNCC3)nc2)o1. The van der Waals surface area contributed by atoms with Crippen LogP contribution in [-0.4, -0.2) is 29.1 Å². The third-order valence-corrected chi connectivity index (χ3v) is 3.35. The van der Waals surface area contributed by atoms with Gasteiger partial charge in [-0.1, -0.05) is 0 Å². The van der Waals surface area contributed by atoms with Gasteiger partial charge in [0.1, 0.15) is 11.5 Å². The third kappa shape index (κ3) is 2.93. The molecule has 3 heterocycles. The van der Waals surface area contributed by atoms with Gasteiger partial charge in [-0.2, -0.15) is 0 Å². The summed E-state index contributed by atoms with van der Waals surface area (Å²) in [6, 6.07) is 4.35. The number of hydrogen-bond acceptors (Lipinski definition) is 5. The minimum absolute atomic E-state index is 0.470. The highest BCUT2D eigenvalue weighted by atomic mass is 16.3. The lowest BCUT2D eigenvalue weighted by atomic mass is 10.1. The molecule has 0 aliphatic carbocycles. The van der Waals surface area contributed by atoms with Crippen molar-refractivity contribution in [2.75, 3.05) is 18.4 Å². The molecule has 0 radical (unpaired) electrons. The normalized spacial score (nSPS) is 16.5. The molecule has 1 aliphatic rings. The number of aryl methyl sites for hydroxylation is 1. The highest BCUT2D eigenvalue weighted by molar-refractivity contribution is 5.55. The Morgan fingerprint density at radius 2 is 1.95 bits per heavy atom. The maximum atomic E-state index is 5.55. The molecule has 1 fully saturated rings. The van der Waals surface area contributed by atoms with Gasteiger partial charge in [-0.05, 0) is 45.0 Å². The molecule has 5 nitrogen and oxygen atoms in total. The number of anilines is 1. The summed E-state index contributed by atoms with van der Waals surface area (Å²) in [5.41, 5.74) is 0.906. The second-order valence-corrected chi connectivity index (χ2v) is 4.87. The van der Waals surface area contributed by atoms with Crippen molar-refractivity contribution in [3.63, 3.8) is 0 Å². The zero-order valence-corrected chi connectivity index (χ0v) is 11.0. The number of furan rings is 1. The molecular formula is C14H18N4O. The lowest BCUT2D eigenvalue weighted by molar-refractivity contribution is 0.477. The zero-order valence-electron chi connectivity index (χ0n) is 11.0. The lowest BCUT2D eigenvalue weighted by Crippen LogP contribution is -2.35. The molecule has 19 heavy (non-hydrogen) atoms. The summed E-state index contributed by atoms with van der Waals surface area (Å²) >= 11 is 0. The first kappa shape index (κ1) is 12.2. The number of rotatable bonds is 3. The van der Waals surface area contributed by atoms with E-state index in [1.165, 1.54) is 0 Å². The topological polar surface area (TPSA) is 63.0 Å². The van der Waals surface area contributed by atoms with E-state index < -0.39 is 0 Å². The van der Waals surface area contributed by atoms with E-state index in [1.807, 2.05) is 19.1 Å². The maximum Gasteiger partial charge on any atom is 0.222 e. The summed E-state index contributed by atoms with van der Waals surface area (Å²) < 4.78 is 5.55. The Balaban J connectivity index is 1.68. The van der Waals surface area contributed by atoms with Gasteiger partial charge >= 0.3 is 0 Å². The van der Waals surface area contributed by atoms with Crippen LogP contribution in [-0.2, 0) is 0 Å². The maximum absolute atomic E-state index is 5.55. The zero-order chi connectivity index (χ0) is 13.1. The summed E-state index contributed by atoms with van der Waals surface area (Å²) in [7, 11) is 0. The standard InChI is InChI=1S/C14H18N4O/c1-10-2-3-13(19-10)11-8-16-14(17-9-11)18-12-4-6-15-7-5-12/h2-3,8-9,12,15H,4-7H2,1H3,(H,16,17,18). The molecule has 0 amide bonds. The molecule has 0 aromatic carbocycles. The Hall–Kier alpha value is -1.88. The molecule has 0 saturated carbocycles. The van der Waals surface area contributed by atoms with Crippen molar-refractivity contribution in [2.24, 2.45) is 0 Å². The van der Waals surface area contributed by atoms with Gasteiger partial charge in [0, 0.05) is 18.4 Å². The highest BCUT2D eigenvalue weighted by Gasteiger charge is 2.13. The third-order valence-electron chi connectivity index (χ3n) is 3.35. The van der Waals surface area contributed by atoms with Crippen LogP contribution < -0.4 is 10.6 Å². The van der Waals surface area contributed by atoms with Crippen molar-refractivity contribution in [1.82, 2.24) is 15.3 Å². The molecule has 0 atom stereocenters. The number of nitrogens with zero attached hydrogens (tertiary/aromatic N) is 2. The number of nitrogens with one attached hydrogen (secondary N) is 2. The highest BCUT2D eigenvalue weighted by Crippen LogP contribution is 2.21. The van der Waals surface area contributed by atoms with Crippen molar-refractivity contribution < 1.29 is 4.42 Å². The second kappa shape index (κ2) is 5.40. The fourth-order valence-corrected chi connectivity index (χ4v) is 2.27. The van der Waals surface area contributed by atoms with Crippen LogP contribution >= 0.6 is 0 Å². The van der Waals surface area contributed by atoms with E-state index in [4.69, 9.17) is 4.42 Å². The first-order valence-electron chi connectivity index (χ1n) is 6.67. The van der Waals surface area contributed by atoms with Crippen LogP contribution in [0.25, 0.3) is 11.3 Å². The molecular weight excluding hydrogens is 240 g/mol. The molecule has 3 rings (SSSR count). The quantitative estimate of drug-likeness (QED) is 0.883. The summed E-state index contributed by atoms with van der Waals surface area (Å²) in [6.45, 7) is 4.04. The Bertz CT molecular complexity index is 529. The molecule has 1 aliphatic heterocycles. The molecule has 2 aromatic rings. The number of hydrogen-bond donors (Lipinski definition) is 2. The first-order valence-corrected chi connectivity index (χ1v) is 6.67. The van der Waals surface area contributed by atoms with Gasteiger partial charge in [0.15, 0.2) is 0 Å². The monoisotopic (exact) mass is 258 g/mol. The van der Waals surface area contributed by atoms with Crippen molar-refractivity contribution in [3.8, 4) is 11.3 Å². The minimum Gasteiger partial charge on any atom is -0.461 e. The number of piperidine rings is 1. The van der Waals surface area contributed by atoms with Crippen LogP contribution in [0.5, 0.6) is 0 Å². The van der Waals surface area contributed by atoms with Crippen molar-refractivity contribution in [1.29, 1.82) is 0 Å². The fourth-order valence-electron chi connectivity index (χ4n) is 2.27. The van der Waals surface area contributed by atoms with E-state index in [0.29, 0.717) is 12.0 Å². The predicted octanol–water partition coefficient (Wildman–Crippen LogP) is 2.21. The van der Waals surface area contributed by atoms with Gasteiger partial charge in [-0.25, -0.2) is 9.97 Å². The van der Waals surface area contributed by atoms with Gasteiger partial charge in [0.25, 0.3) is 0 Å². The molecule has 0 unspecified atom stereocenters. The molecule has 0 spiro atoms. The average Bonchev–Trinajstić information content (AvgIpc) is 2.87. The van der Waals surface area contributed by atoms with Crippen LogP contribution in [0.4, 0.5) is 5.95 Å². The first-order chi connectivity index (χ1) is 9.31. The fraction of sp³-hybridized carbons (Fsp3) is 0.429. The average molecular weight is 258 g/mol. The van der Waals surface area contributed by atoms with E-state index in [0.717, 1.165) is 43.0 Å². The van der Waals surface area contributed by atoms with Crippen molar-refractivity contribution in [3.05, 3.63) is 30.3 Å². The Labute approximate surface area is 112 Å². The van der Waals surface area contributed by atoms with Crippen LogP contribution in [0.3, 0.4) is 0 Å². The summed E-state index contributed by atoms with van der Waals surface area (Å²) in [6.07, 6.45) is 5.83. The lowest BCUT2D eigenvalue weighted by Gasteiger charge is -2.23. The minimum atomic E-state index is 0.470. The summed E-state index contributed by atoms with van der Waals surface area (Å²) in [4.78, 5) is 8.71. The van der Waals surface area contributed by atoms with E-state index in [1.54, 1.807) is 12.4 Å². The summed E-state index contributed by atoms with van der Waals surface area (Å²) in [5.74, 6) is 2.40. The number of aromatic nitrogens is 2. The van der Waals surface area contributed by atoms with Gasteiger partial charge in [-0.3, -0.25) is 0 Å². The Kier molecular flexibility index (Phi) is 3.46. The van der Waals surface area contributed by atoms with E-state index >= 15 is 0 Å². The smallest absolute Gasteiger partial charge is 0.222 e. The van der Waals surface area contributed by atoms with Crippen LogP contribution in [0.1, 0.15) is 18.6 Å². The predicted molar refractivity (Wildman–Crippen MR) is 74.0 cm³/mol. The summed E-state index contributed by atoms with van der Waals surface area (Å²) in [5, 5.41) is 6.71. The molecule has 1 saturated heterocycles. The molecule has 5 heteroatoms. The van der Waals surface area contributed by atoms with Gasteiger partial charge in [0.2, 0.25) is 5.95 Å².